The number of guanidine groups is 1. The highest BCUT2D eigenvalue weighted by Crippen LogP contribution is 2.19. The molecule has 1 aromatic carbocycles. The Kier molecular flexibility index (Phi) is 7.93. The second kappa shape index (κ2) is 10.9. The standard InChI is InChI=1S/C22H33N5O2/c1-18(2)8-14-28-21-7-5-4-6-19(21)16-24-22(23-3)27-12-10-26(11-13-27)17-20-9-15-29-25-20/h4-7,9,15,18H,8,10-14,16-17H2,1-3H3,(H,23,24). The number of rotatable bonds is 8. The van der Waals surface area contributed by atoms with Crippen LogP contribution >= 0.6 is 0 Å². The van der Waals surface area contributed by atoms with Crippen LogP contribution in [0, 0.1) is 5.92 Å². The molecule has 0 bridgehead atoms. The molecule has 7 nitrogen and oxygen atoms in total. The molecule has 0 unspecified atom stereocenters. The zero-order valence-corrected chi connectivity index (χ0v) is 17.8. The molecule has 0 amide bonds. The van der Waals surface area contributed by atoms with Gasteiger partial charge in [0, 0.05) is 57.9 Å². The van der Waals surface area contributed by atoms with Gasteiger partial charge in [0.1, 0.15) is 12.0 Å². The lowest BCUT2D eigenvalue weighted by Gasteiger charge is -2.36. The van der Waals surface area contributed by atoms with Gasteiger partial charge in [-0.15, -0.1) is 0 Å². The van der Waals surface area contributed by atoms with Crippen LogP contribution in [0.3, 0.4) is 0 Å². The Morgan fingerprint density at radius 2 is 2.00 bits per heavy atom. The molecule has 2 aromatic rings. The molecular weight excluding hydrogens is 366 g/mol. The highest BCUT2D eigenvalue weighted by molar-refractivity contribution is 5.80. The zero-order valence-electron chi connectivity index (χ0n) is 17.8. The van der Waals surface area contributed by atoms with E-state index in [2.05, 4.69) is 51.2 Å². The van der Waals surface area contributed by atoms with Gasteiger partial charge in [-0.05, 0) is 18.4 Å². The lowest BCUT2D eigenvalue weighted by molar-refractivity contribution is 0.169. The zero-order chi connectivity index (χ0) is 20.5. The first-order chi connectivity index (χ1) is 14.2. The van der Waals surface area contributed by atoms with Crippen LogP contribution in [-0.4, -0.2) is 60.7 Å². The predicted octanol–water partition coefficient (Wildman–Crippen LogP) is 2.99. The second-order valence-corrected chi connectivity index (χ2v) is 7.79. The Hall–Kier alpha value is -2.54. The maximum atomic E-state index is 6.01. The van der Waals surface area contributed by atoms with Gasteiger partial charge >= 0.3 is 0 Å². The van der Waals surface area contributed by atoms with Crippen LogP contribution in [0.25, 0.3) is 0 Å². The third-order valence-corrected chi connectivity index (χ3v) is 5.12. The minimum atomic E-state index is 0.641. The fraction of sp³-hybridized carbons (Fsp3) is 0.545. The van der Waals surface area contributed by atoms with E-state index in [1.54, 1.807) is 6.26 Å². The Morgan fingerprint density at radius 1 is 1.21 bits per heavy atom. The minimum absolute atomic E-state index is 0.641. The maximum Gasteiger partial charge on any atom is 0.194 e. The van der Waals surface area contributed by atoms with E-state index in [-0.39, 0.29) is 0 Å². The van der Waals surface area contributed by atoms with Crippen molar-refractivity contribution in [3.05, 3.63) is 47.9 Å². The highest BCUT2D eigenvalue weighted by Gasteiger charge is 2.20. The van der Waals surface area contributed by atoms with Crippen molar-refractivity contribution in [2.24, 2.45) is 10.9 Å². The van der Waals surface area contributed by atoms with Crippen molar-refractivity contribution < 1.29 is 9.26 Å². The molecule has 0 aliphatic carbocycles. The van der Waals surface area contributed by atoms with Crippen molar-refractivity contribution in [1.29, 1.82) is 0 Å². The van der Waals surface area contributed by atoms with Crippen molar-refractivity contribution in [1.82, 2.24) is 20.3 Å². The van der Waals surface area contributed by atoms with E-state index in [0.29, 0.717) is 12.5 Å². The number of para-hydroxylation sites is 1. The van der Waals surface area contributed by atoms with Crippen LogP contribution in [-0.2, 0) is 13.1 Å². The van der Waals surface area contributed by atoms with Gasteiger partial charge in [-0.2, -0.15) is 0 Å². The first-order valence-corrected chi connectivity index (χ1v) is 10.4. The predicted molar refractivity (Wildman–Crippen MR) is 115 cm³/mol. The fourth-order valence-electron chi connectivity index (χ4n) is 3.37. The smallest absolute Gasteiger partial charge is 0.194 e. The third kappa shape index (κ3) is 6.49. The molecule has 158 valence electrons. The third-order valence-electron chi connectivity index (χ3n) is 5.12. The van der Waals surface area contributed by atoms with Crippen molar-refractivity contribution in [2.45, 2.75) is 33.4 Å². The van der Waals surface area contributed by atoms with Crippen molar-refractivity contribution >= 4 is 5.96 Å². The van der Waals surface area contributed by atoms with Crippen molar-refractivity contribution in [3.63, 3.8) is 0 Å². The Morgan fingerprint density at radius 3 is 2.69 bits per heavy atom. The topological polar surface area (TPSA) is 66.1 Å². The number of nitrogens with zero attached hydrogens (tertiary/aromatic N) is 4. The van der Waals surface area contributed by atoms with Gasteiger partial charge in [-0.1, -0.05) is 37.2 Å². The summed E-state index contributed by atoms with van der Waals surface area (Å²) >= 11 is 0. The lowest BCUT2D eigenvalue weighted by atomic mass is 10.1. The molecule has 0 atom stereocenters. The number of aliphatic imine (C=N–C) groups is 1. The summed E-state index contributed by atoms with van der Waals surface area (Å²) in [4.78, 5) is 9.18. The van der Waals surface area contributed by atoms with Crippen LogP contribution in [0.1, 0.15) is 31.5 Å². The first kappa shape index (κ1) is 21.2. The molecule has 29 heavy (non-hydrogen) atoms. The van der Waals surface area contributed by atoms with Crippen molar-refractivity contribution in [2.75, 3.05) is 39.8 Å². The summed E-state index contributed by atoms with van der Waals surface area (Å²) in [6, 6.07) is 10.2. The van der Waals surface area contributed by atoms with Crippen LogP contribution in [0.2, 0.25) is 0 Å². The Bertz CT molecular complexity index is 752. The van der Waals surface area contributed by atoms with Gasteiger partial charge in [0.2, 0.25) is 0 Å². The molecular formula is C22H33N5O2. The van der Waals surface area contributed by atoms with E-state index in [1.807, 2.05) is 25.2 Å². The van der Waals surface area contributed by atoms with Gasteiger partial charge in [-0.25, -0.2) is 0 Å². The van der Waals surface area contributed by atoms with Gasteiger partial charge in [0.05, 0.1) is 12.3 Å². The number of benzene rings is 1. The minimum Gasteiger partial charge on any atom is -0.493 e. The molecule has 1 N–H and O–H groups in total. The molecule has 3 rings (SSSR count). The molecule has 1 saturated heterocycles. The van der Waals surface area contributed by atoms with E-state index in [4.69, 9.17) is 9.26 Å². The van der Waals surface area contributed by atoms with Crippen LogP contribution in [0.15, 0.2) is 46.1 Å². The number of nitrogens with one attached hydrogen (secondary N) is 1. The quantitative estimate of drug-likeness (QED) is 0.544. The molecule has 7 heteroatoms. The average Bonchev–Trinajstić information content (AvgIpc) is 3.23. The number of piperazine rings is 1. The van der Waals surface area contributed by atoms with E-state index in [9.17, 15) is 0 Å². The first-order valence-electron chi connectivity index (χ1n) is 10.4. The summed E-state index contributed by atoms with van der Waals surface area (Å²) in [5.74, 6) is 2.53. The molecule has 0 radical (unpaired) electrons. The summed E-state index contributed by atoms with van der Waals surface area (Å²) in [5.41, 5.74) is 2.14. The summed E-state index contributed by atoms with van der Waals surface area (Å²) in [7, 11) is 1.84. The monoisotopic (exact) mass is 399 g/mol. The maximum absolute atomic E-state index is 6.01. The van der Waals surface area contributed by atoms with Gasteiger partial charge < -0.3 is 19.5 Å². The van der Waals surface area contributed by atoms with Crippen LogP contribution < -0.4 is 10.1 Å². The van der Waals surface area contributed by atoms with E-state index >= 15 is 0 Å². The summed E-state index contributed by atoms with van der Waals surface area (Å²) < 4.78 is 10.9. The molecule has 1 aliphatic heterocycles. The molecule has 0 spiro atoms. The lowest BCUT2D eigenvalue weighted by Crippen LogP contribution is -2.52. The number of ether oxygens (including phenoxy) is 1. The van der Waals surface area contributed by atoms with E-state index in [0.717, 1.165) is 68.7 Å². The number of hydrogen-bond acceptors (Lipinski definition) is 5. The van der Waals surface area contributed by atoms with E-state index in [1.165, 1.54) is 0 Å². The molecule has 2 heterocycles. The van der Waals surface area contributed by atoms with Crippen LogP contribution in [0.5, 0.6) is 5.75 Å². The van der Waals surface area contributed by atoms with Gasteiger partial charge in [0.25, 0.3) is 0 Å². The van der Waals surface area contributed by atoms with Gasteiger partial charge in [0.15, 0.2) is 5.96 Å². The number of aromatic nitrogens is 1. The molecule has 1 aromatic heterocycles. The van der Waals surface area contributed by atoms with Crippen LogP contribution in [0.4, 0.5) is 0 Å². The SMILES string of the molecule is CN=C(NCc1ccccc1OCCC(C)C)N1CCN(Cc2ccon2)CC1. The van der Waals surface area contributed by atoms with Gasteiger partial charge in [-0.3, -0.25) is 9.89 Å². The fourth-order valence-corrected chi connectivity index (χ4v) is 3.37. The van der Waals surface area contributed by atoms with E-state index < -0.39 is 0 Å². The van der Waals surface area contributed by atoms with Crippen molar-refractivity contribution in [3.8, 4) is 5.75 Å². The molecule has 1 aliphatic rings. The molecule has 1 fully saturated rings. The summed E-state index contributed by atoms with van der Waals surface area (Å²) in [5, 5.41) is 7.51. The largest absolute Gasteiger partial charge is 0.493 e. The molecule has 0 saturated carbocycles. The normalized spacial score (nSPS) is 15.7. The summed E-state index contributed by atoms with van der Waals surface area (Å²) in [6.07, 6.45) is 2.68. The Labute approximate surface area is 173 Å². The number of hydrogen-bond donors (Lipinski definition) is 1. The second-order valence-electron chi connectivity index (χ2n) is 7.79. The Balaban J connectivity index is 1.48. The highest BCUT2D eigenvalue weighted by atomic mass is 16.5. The average molecular weight is 400 g/mol. The summed E-state index contributed by atoms with van der Waals surface area (Å²) in [6.45, 7) is 10.5.